The van der Waals surface area contributed by atoms with Gasteiger partial charge in [-0.2, -0.15) is 5.10 Å². The van der Waals surface area contributed by atoms with Crippen LogP contribution >= 0.6 is 0 Å². The number of amides is 1. The number of fused-ring (bicyclic) bond motifs is 2. The Balaban J connectivity index is 1.46. The monoisotopic (exact) mass is 372 g/mol. The average molecular weight is 372 g/mol. The van der Waals surface area contributed by atoms with Crippen molar-refractivity contribution in [2.24, 2.45) is 7.05 Å². The summed E-state index contributed by atoms with van der Waals surface area (Å²) in [7, 11) is 1.83. The van der Waals surface area contributed by atoms with Gasteiger partial charge in [0.1, 0.15) is 0 Å². The molecule has 4 heterocycles. The minimum absolute atomic E-state index is 0.154. The van der Waals surface area contributed by atoms with Crippen LogP contribution in [0.1, 0.15) is 16.2 Å². The molecule has 0 saturated carbocycles. The molecule has 5 aromatic rings. The van der Waals surface area contributed by atoms with Crippen molar-refractivity contribution in [3.05, 3.63) is 60.4 Å². The fraction of sp³-hybridized carbons (Fsp3) is 0.105. The number of imidazole rings is 1. The molecule has 0 bridgehead atoms. The zero-order valence-corrected chi connectivity index (χ0v) is 15.0. The number of carbonyl (C=O) groups excluding carboxylic acids is 1. The second-order valence-electron chi connectivity index (χ2n) is 6.50. The van der Waals surface area contributed by atoms with E-state index in [1.807, 2.05) is 37.5 Å². The first kappa shape index (κ1) is 16.2. The van der Waals surface area contributed by atoms with Gasteiger partial charge >= 0.3 is 0 Å². The third-order valence-corrected chi connectivity index (χ3v) is 4.54. The summed E-state index contributed by atoms with van der Waals surface area (Å²) >= 11 is 0. The molecule has 0 spiro atoms. The molecular weight excluding hydrogens is 356 g/mol. The first-order valence-electron chi connectivity index (χ1n) is 8.71. The van der Waals surface area contributed by atoms with Crippen molar-refractivity contribution in [3.63, 3.8) is 0 Å². The maximum absolute atomic E-state index is 12.4. The quantitative estimate of drug-likeness (QED) is 0.447. The summed E-state index contributed by atoms with van der Waals surface area (Å²) in [6.45, 7) is 0.375. The molecule has 0 unspecified atom stereocenters. The number of aromatic amines is 2. The molecule has 1 amide bonds. The number of nitrogens with zero attached hydrogens (tertiary/aromatic N) is 5. The number of aryl methyl sites for hydroxylation is 1. The molecule has 0 saturated heterocycles. The number of H-pyrrole nitrogens is 2. The summed E-state index contributed by atoms with van der Waals surface area (Å²) in [6, 6.07) is 7.67. The summed E-state index contributed by atoms with van der Waals surface area (Å²) in [5.74, 6) is -0.161. The molecule has 0 aliphatic rings. The lowest BCUT2D eigenvalue weighted by Crippen LogP contribution is -2.23. The van der Waals surface area contributed by atoms with Gasteiger partial charge in [0, 0.05) is 48.7 Å². The topological polar surface area (TPSA) is 117 Å². The Kier molecular flexibility index (Phi) is 3.64. The van der Waals surface area contributed by atoms with E-state index in [9.17, 15) is 4.79 Å². The van der Waals surface area contributed by atoms with Gasteiger partial charge in [0.15, 0.2) is 0 Å². The van der Waals surface area contributed by atoms with Crippen LogP contribution in [0.4, 0.5) is 0 Å². The summed E-state index contributed by atoms with van der Waals surface area (Å²) < 4.78 is 1.69. The number of hydrogen-bond acceptors (Lipinski definition) is 5. The largest absolute Gasteiger partial charge is 0.345 e. The molecule has 138 valence electrons. The van der Waals surface area contributed by atoms with E-state index in [1.165, 1.54) is 0 Å². The minimum atomic E-state index is -0.315. The smallest absolute Gasteiger partial charge is 0.289 e. The van der Waals surface area contributed by atoms with Gasteiger partial charge < -0.3 is 10.4 Å². The molecular formula is C19H16N8O. The van der Waals surface area contributed by atoms with Crippen molar-refractivity contribution >= 4 is 27.8 Å². The first-order chi connectivity index (χ1) is 13.7. The number of nitrogens with one attached hydrogen (secondary N) is 3. The van der Waals surface area contributed by atoms with Crippen molar-refractivity contribution in [1.82, 2.24) is 40.2 Å². The van der Waals surface area contributed by atoms with Gasteiger partial charge in [0.25, 0.3) is 5.91 Å². The van der Waals surface area contributed by atoms with E-state index >= 15 is 0 Å². The molecule has 0 atom stereocenters. The number of pyridine rings is 1. The van der Waals surface area contributed by atoms with E-state index in [0.717, 1.165) is 27.7 Å². The third-order valence-electron chi connectivity index (χ3n) is 4.54. The van der Waals surface area contributed by atoms with Gasteiger partial charge in [-0.25, -0.2) is 9.97 Å². The number of carbonyl (C=O) groups is 1. The first-order valence-corrected chi connectivity index (χ1v) is 8.71. The second kappa shape index (κ2) is 6.31. The summed E-state index contributed by atoms with van der Waals surface area (Å²) in [5.41, 5.74) is 5.08. The zero-order chi connectivity index (χ0) is 19.1. The third kappa shape index (κ3) is 2.78. The zero-order valence-electron chi connectivity index (χ0n) is 15.0. The Morgan fingerprint density at radius 3 is 2.68 bits per heavy atom. The Bertz CT molecular complexity index is 1300. The fourth-order valence-corrected chi connectivity index (χ4v) is 3.19. The van der Waals surface area contributed by atoms with Crippen LogP contribution in [-0.2, 0) is 13.6 Å². The maximum Gasteiger partial charge on any atom is 0.289 e. The Morgan fingerprint density at radius 1 is 1.14 bits per heavy atom. The van der Waals surface area contributed by atoms with Crippen molar-refractivity contribution in [2.45, 2.75) is 6.54 Å². The number of benzene rings is 1. The minimum Gasteiger partial charge on any atom is -0.345 e. The van der Waals surface area contributed by atoms with Gasteiger partial charge in [-0.1, -0.05) is 0 Å². The van der Waals surface area contributed by atoms with E-state index in [-0.39, 0.29) is 11.7 Å². The van der Waals surface area contributed by atoms with E-state index in [2.05, 4.69) is 35.6 Å². The summed E-state index contributed by atoms with van der Waals surface area (Å²) in [4.78, 5) is 25.3. The van der Waals surface area contributed by atoms with Crippen molar-refractivity contribution in [2.75, 3.05) is 0 Å². The highest BCUT2D eigenvalue weighted by Crippen LogP contribution is 2.28. The van der Waals surface area contributed by atoms with Gasteiger partial charge in [0.05, 0.1) is 28.4 Å². The van der Waals surface area contributed by atoms with Crippen LogP contribution in [0.2, 0.25) is 0 Å². The lowest BCUT2D eigenvalue weighted by Gasteiger charge is -1.99. The number of hydrogen-bond donors (Lipinski definition) is 3. The van der Waals surface area contributed by atoms with Gasteiger partial charge in [-0.05, 0) is 24.3 Å². The van der Waals surface area contributed by atoms with Gasteiger partial charge in [-0.3, -0.25) is 19.6 Å². The summed E-state index contributed by atoms with van der Waals surface area (Å²) in [6.07, 6.45) is 7.05. The van der Waals surface area contributed by atoms with Crippen molar-refractivity contribution in [3.8, 4) is 11.3 Å². The molecule has 28 heavy (non-hydrogen) atoms. The van der Waals surface area contributed by atoms with Crippen LogP contribution in [-0.4, -0.2) is 40.8 Å². The van der Waals surface area contributed by atoms with Crippen LogP contribution in [0.3, 0.4) is 0 Å². The summed E-state index contributed by atoms with van der Waals surface area (Å²) in [5, 5.41) is 14.2. The van der Waals surface area contributed by atoms with Crippen LogP contribution in [0, 0.1) is 0 Å². The molecule has 9 heteroatoms. The molecule has 9 nitrogen and oxygen atoms in total. The molecule has 1 aromatic carbocycles. The fourth-order valence-electron chi connectivity index (χ4n) is 3.19. The second-order valence-corrected chi connectivity index (χ2v) is 6.50. The molecule has 5 rings (SSSR count). The highest BCUT2D eigenvalue weighted by molar-refractivity contribution is 6.02. The molecule has 3 N–H and O–H groups in total. The number of aromatic nitrogens is 7. The standard InChI is InChI=1S/C19H16N8O/c1-27-10-11(9-22-27)8-21-19(28)18-23-15-6-13-14(7-16(15)24-18)25-26-17(13)12-2-4-20-5-3-12/h2-7,9-10,25-26H,8H2,1H3,(H,21,28). The SMILES string of the molecule is Cn1cc(CNC(=O)c2nc3cc4[nH][nH]c(-c5ccncc5)c4cc3n2)cn1. The Morgan fingerprint density at radius 2 is 1.93 bits per heavy atom. The average Bonchev–Trinajstić information content (AvgIpc) is 3.42. The molecule has 4 aromatic heterocycles. The van der Waals surface area contributed by atoms with E-state index in [1.54, 1.807) is 23.3 Å². The molecule has 0 aliphatic carbocycles. The highest BCUT2D eigenvalue weighted by Gasteiger charge is 2.15. The van der Waals surface area contributed by atoms with Crippen molar-refractivity contribution in [1.29, 1.82) is 0 Å². The lowest BCUT2D eigenvalue weighted by atomic mass is 10.1. The Labute approximate surface area is 158 Å². The Hall–Kier alpha value is -4.01. The maximum atomic E-state index is 12.4. The van der Waals surface area contributed by atoms with Crippen LogP contribution < -0.4 is 5.32 Å². The van der Waals surface area contributed by atoms with E-state index in [0.29, 0.717) is 17.6 Å². The molecule has 0 aliphatic heterocycles. The predicted octanol–water partition coefficient (Wildman–Crippen LogP) is 2.16. The normalized spacial score (nSPS) is 11.3. The predicted molar refractivity (Wildman–Crippen MR) is 103 cm³/mol. The van der Waals surface area contributed by atoms with E-state index < -0.39 is 0 Å². The molecule has 0 radical (unpaired) electrons. The number of rotatable bonds is 4. The van der Waals surface area contributed by atoms with Gasteiger partial charge in [0.2, 0.25) is 5.82 Å². The van der Waals surface area contributed by atoms with Crippen LogP contribution in [0.25, 0.3) is 33.2 Å². The molecule has 0 fully saturated rings. The van der Waals surface area contributed by atoms with Crippen LogP contribution in [0.5, 0.6) is 0 Å². The van der Waals surface area contributed by atoms with Crippen molar-refractivity contribution < 1.29 is 4.79 Å². The highest BCUT2D eigenvalue weighted by atomic mass is 16.2. The van der Waals surface area contributed by atoms with E-state index in [4.69, 9.17) is 0 Å². The van der Waals surface area contributed by atoms with Gasteiger partial charge in [-0.15, -0.1) is 0 Å². The lowest BCUT2D eigenvalue weighted by molar-refractivity contribution is 0.0942. The van der Waals surface area contributed by atoms with Crippen LogP contribution in [0.15, 0.2) is 49.1 Å².